The van der Waals surface area contributed by atoms with Gasteiger partial charge in [-0.3, -0.25) is 19.4 Å². The number of anilines is 1. The molecule has 2 heterocycles. The number of rotatable bonds is 7. The number of hydrogen-bond acceptors (Lipinski definition) is 6. The second-order valence-electron chi connectivity index (χ2n) is 9.31. The van der Waals surface area contributed by atoms with Gasteiger partial charge in [-0.25, -0.2) is 0 Å². The van der Waals surface area contributed by atoms with Crippen LogP contribution in [0.2, 0.25) is 5.02 Å². The molecule has 2 aliphatic rings. The zero-order chi connectivity index (χ0) is 26.1. The summed E-state index contributed by atoms with van der Waals surface area (Å²) in [6.45, 7) is 5.55. The number of piperazine rings is 1. The summed E-state index contributed by atoms with van der Waals surface area (Å²) < 4.78 is 10.7. The van der Waals surface area contributed by atoms with E-state index in [2.05, 4.69) is 41.0 Å². The molecule has 8 heteroatoms. The number of amides is 2. The average Bonchev–Trinajstić information content (AvgIpc) is 3.19. The molecule has 2 amide bonds. The van der Waals surface area contributed by atoms with E-state index in [-0.39, 0.29) is 23.9 Å². The van der Waals surface area contributed by atoms with Crippen molar-refractivity contribution >= 4 is 29.1 Å². The Bertz CT molecular complexity index is 1320. The minimum absolute atomic E-state index is 0.116. The lowest BCUT2D eigenvalue weighted by Crippen LogP contribution is -2.47. The van der Waals surface area contributed by atoms with Crippen LogP contribution in [0.25, 0.3) is 0 Å². The second-order valence-corrected chi connectivity index (χ2v) is 9.72. The first kappa shape index (κ1) is 25.1. The van der Waals surface area contributed by atoms with Gasteiger partial charge in [0.1, 0.15) is 0 Å². The van der Waals surface area contributed by atoms with Crippen LogP contribution >= 0.6 is 11.6 Å². The number of imide groups is 1. The fourth-order valence-corrected chi connectivity index (χ4v) is 5.45. The first-order valence-corrected chi connectivity index (χ1v) is 12.7. The van der Waals surface area contributed by atoms with Crippen LogP contribution in [0.1, 0.15) is 44.8 Å². The Morgan fingerprint density at radius 1 is 0.838 bits per heavy atom. The molecule has 0 radical (unpaired) electrons. The maximum atomic E-state index is 13.6. The molecule has 0 aliphatic carbocycles. The number of hydrogen-bond donors (Lipinski definition) is 0. The Labute approximate surface area is 222 Å². The molecule has 37 heavy (non-hydrogen) atoms. The van der Waals surface area contributed by atoms with E-state index in [1.54, 1.807) is 32.4 Å². The lowest BCUT2D eigenvalue weighted by atomic mass is 10.0. The van der Waals surface area contributed by atoms with Crippen molar-refractivity contribution in [2.75, 3.05) is 45.3 Å². The third kappa shape index (κ3) is 4.65. The maximum Gasteiger partial charge on any atom is 0.264 e. The van der Waals surface area contributed by atoms with E-state index in [0.29, 0.717) is 28.1 Å². The zero-order valence-electron chi connectivity index (χ0n) is 21.2. The highest BCUT2D eigenvalue weighted by Crippen LogP contribution is 2.38. The second kappa shape index (κ2) is 10.4. The van der Waals surface area contributed by atoms with Crippen molar-refractivity contribution < 1.29 is 19.1 Å². The molecule has 5 rings (SSSR count). The third-order valence-corrected chi connectivity index (χ3v) is 7.64. The van der Waals surface area contributed by atoms with Crippen LogP contribution in [-0.2, 0) is 6.54 Å². The molecule has 1 saturated heterocycles. The Morgan fingerprint density at radius 2 is 1.51 bits per heavy atom. The van der Waals surface area contributed by atoms with E-state index >= 15 is 0 Å². The number of ether oxygens (including phenoxy) is 2. The van der Waals surface area contributed by atoms with Crippen molar-refractivity contribution in [3.63, 3.8) is 0 Å². The normalized spacial score (nSPS) is 16.6. The van der Waals surface area contributed by atoms with E-state index in [1.807, 2.05) is 18.2 Å². The predicted octanol–water partition coefficient (Wildman–Crippen LogP) is 5.04. The number of nitrogens with zero attached hydrogens (tertiary/aromatic N) is 3. The molecular formula is C29H30ClN3O4. The molecule has 3 aromatic carbocycles. The van der Waals surface area contributed by atoms with Crippen molar-refractivity contribution in [1.29, 1.82) is 0 Å². The van der Waals surface area contributed by atoms with Crippen molar-refractivity contribution in [1.82, 2.24) is 9.80 Å². The third-order valence-electron chi connectivity index (χ3n) is 7.32. The first-order chi connectivity index (χ1) is 17.9. The van der Waals surface area contributed by atoms with Crippen molar-refractivity contribution in [3.8, 4) is 11.5 Å². The summed E-state index contributed by atoms with van der Waals surface area (Å²) >= 11 is 6.47. The minimum Gasteiger partial charge on any atom is -0.493 e. The van der Waals surface area contributed by atoms with Crippen LogP contribution in [0, 0.1) is 0 Å². The molecule has 1 atom stereocenters. The standard InChI is InChI=1S/C29H30ClN3O4/c1-19(21-7-5-4-6-8-21)31-13-15-32(16-14-31)23-11-10-22(30)26-27(23)29(35)33(28(26)34)18-20-9-12-24(36-2)25(17-20)37-3/h4-12,17,19H,13-16,18H2,1-3H3. The summed E-state index contributed by atoms with van der Waals surface area (Å²) in [6, 6.07) is 19.7. The van der Waals surface area contributed by atoms with Crippen molar-refractivity contribution in [2.45, 2.75) is 19.5 Å². The van der Waals surface area contributed by atoms with Gasteiger partial charge < -0.3 is 14.4 Å². The zero-order valence-corrected chi connectivity index (χ0v) is 22.0. The highest BCUT2D eigenvalue weighted by molar-refractivity contribution is 6.38. The topological polar surface area (TPSA) is 62.3 Å². The highest BCUT2D eigenvalue weighted by atomic mass is 35.5. The minimum atomic E-state index is -0.377. The largest absolute Gasteiger partial charge is 0.493 e. The quantitative estimate of drug-likeness (QED) is 0.408. The summed E-state index contributed by atoms with van der Waals surface area (Å²) in [4.78, 5) is 32.9. The molecule has 0 saturated carbocycles. The molecule has 0 aromatic heterocycles. The van der Waals surface area contributed by atoms with Gasteiger partial charge in [-0.15, -0.1) is 0 Å². The molecule has 1 unspecified atom stereocenters. The summed E-state index contributed by atoms with van der Waals surface area (Å²) in [5.74, 6) is 0.419. The highest BCUT2D eigenvalue weighted by Gasteiger charge is 2.41. The number of carbonyl (C=O) groups excluding carboxylic acids is 2. The van der Waals surface area contributed by atoms with Gasteiger partial charge in [-0.2, -0.15) is 0 Å². The first-order valence-electron chi connectivity index (χ1n) is 12.4. The van der Waals surface area contributed by atoms with Crippen LogP contribution in [-0.4, -0.2) is 62.0 Å². The van der Waals surface area contributed by atoms with Gasteiger partial charge in [-0.1, -0.05) is 48.0 Å². The molecule has 3 aromatic rings. The fourth-order valence-electron chi connectivity index (χ4n) is 5.22. The summed E-state index contributed by atoms with van der Waals surface area (Å²) in [6.07, 6.45) is 0. The Morgan fingerprint density at radius 3 is 2.19 bits per heavy atom. The predicted molar refractivity (Wildman–Crippen MR) is 144 cm³/mol. The average molecular weight is 520 g/mol. The SMILES string of the molecule is COc1ccc(CN2C(=O)c3c(Cl)ccc(N4CCN(C(C)c5ccccc5)CC4)c3C2=O)cc1OC. The number of methoxy groups -OCH3 is 2. The lowest BCUT2D eigenvalue weighted by molar-refractivity contribution is 0.0642. The van der Waals surface area contributed by atoms with Gasteiger partial charge in [-0.05, 0) is 42.3 Å². The van der Waals surface area contributed by atoms with E-state index in [9.17, 15) is 9.59 Å². The monoisotopic (exact) mass is 519 g/mol. The number of halogens is 1. The number of benzene rings is 3. The molecule has 7 nitrogen and oxygen atoms in total. The molecule has 192 valence electrons. The summed E-state index contributed by atoms with van der Waals surface area (Å²) in [5, 5.41) is 0.295. The van der Waals surface area contributed by atoms with Crippen LogP contribution in [0.5, 0.6) is 11.5 Å². The molecule has 0 spiro atoms. The van der Waals surface area contributed by atoms with Gasteiger partial charge >= 0.3 is 0 Å². The summed E-state index contributed by atoms with van der Waals surface area (Å²) in [5.41, 5.74) is 3.48. The molecule has 0 N–H and O–H groups in total. The molecular weight excluding hydrogens is 490 g/mol. The van der Waals surface area contributed by atoms with Gasteiger partial charge in [0.2, 0.25) is 0 Å². The van der Waals surface area contributed by atoms with E-state index in [0.717, 1.165) is 37.4 Å². The van der Waals surface area contributed by atoms with Crippen LogP contribution < -0.4 is 14.4 Å². The van der Waals surface area contributed by atoms with Crippen molar-refractivity contribution in [3.05, 3.63) is 87.9 Å². The van der Waals surface area contributed by atoms with Crippen LogP contribution in [0.4, 0.5) is 5.69 Å². The maximum absolute atomic E-state index is 13.6. The van der Waals surface area contributed by atoms with Gasteiger partial charge in [0.15, 0.2) is 11.5 Å². The fraction of sp³-hybridized carbons (Fsp3) is 0.310. The van der Waals surface area contributed by atoms with Crippen molar-refractivity contribution in [2.24, 2.45) is 0 Å². The molecule has 0 bridgehead atoms. The number of carbonyl (C=O) groups is 2. The van der Waals surface area contributed by atoms with E-state index in [4.69, 9.17) is 21.1 Å². The van der Waals surface area contributed by atoms with Gasteiger partial charge in [0, 0.05) is 32.2 Å². The Hall–Kier alpha value is -3.55. The van der Waals surface area contributed by atoms with Crippen LogP contribution in [0.3, 0.4) is 0 Å². The molecule has 1 fully saturated rings. The van der Waals surface area contributed by atoms with E-state index < -0.39 is 0 Å². The number of fused-ring (bicyclic) bond motifs is 1. The lowest BCUT2D eigenvalue weighted by Gasteiger charge is -2.39. The van der Waals surface area contributed by atoms with Gasteiger partial charge in [0.05, 0.1) is 42.6 Å². The van der Waals surface area contributed by atoms with Crippen LogP contribution in [0.15, 0.2) is 60.7 Å². The van der Waals surface area contributed by atoms with E-state index in [1.165, 1.54) is 10.5 Å². The smallest absolute Gasteiger partial charge is 0.264 e. The molecule has 2 aliphatic heterocycles. The Kier molecular flexibility index (Phi) is 7.09. The Balaban J connectivity index is 1.36. The van der Waals surface area contributed by atoms with Gasteiger partial charge in [0.25, 0.3) is 11.8 Å². The summed E-state index contributed by atoms with van der Waals surface area (Å²) in [7, 11) is 3.11.